The summed E-state index contributed by atoms with van der Waals surface area (Å²) in [5.41, 5.74) is 5.50. The Hall–Kier alpha value is -4.14. The van der Waals surface area contributed by atoms with E-state index in [9.17, 15) is 9.18 Å². The van der Waals surface area contributed by atoms with Gasteiger partial charge < -0.3 is 19.5 Å². The van der Waals surface area contributed by atoms with Crippen LogP contribution < -0.4 is 10.1 Å². The molecule has 0 unspecified atom stereocenters. The Morgan fingerprint density at radius 3 is 2.66 bits per heavy atom. The fourth-order valence-corrected chi connectivity index (χ4v) is 4.70. The fraction of sp³-hybridized carbons (Fsp3) is 0.269. The Morgan fingerprint density at radius 1 is 1.09 bits per heavy atom. The van der Waals surface area contributed by atoms with E-state index in [-0.39, 0.29) is 11.7 Å². The number of ether oxygens (including phenoxy) is 1. The van der Waals surface area contributed by atoms with Gasteiger partial charge in [0.15, 0.2) is 11.6 Å². The van der Waals surface area contributed by atoms with E-state index >= 15 is 0 Å². The van der Waals surface area contributed by atoms with Crippen molar-refractivity contribution in [1.82, 2.24) is 24.2 Å². The first kappa shape index (κ1) is 22.6. The molecule has 2 aromatic carbocycles. The molecule has 180 valence electrons. The monoisotopic (exact) mass is 474 g/mol. The van der Waals surface area contributed by atoms with E-state index < -0.39 is 5.82 Å². The zero-order valence-corrected chi connectivity index (χ0v) is 20.0. The van der Waals surface area contributed by atoms with Gasteiger partial charge in [-0.2, -0.15) is 5.10 Å². The van der Waals surface area contributed by atoms with E-state index in [4.69, 9.17) is 4.74 Å². The number of amides is 1. The van der Waals surface area contributed by atoms with Gasteiger partial charge in [-0.25, -0.2) is 9.37 Å². The number of fused-ring (bicyclic) bond motifs is 1. The smallest absolute Gasteiger partial charge is 0.254 e. The molecule has 0 saturated heterocycles. The number of hydrogen-bond donors (Lipinski definition) is 1. The number of benzene rings is 2. The highest BCUT2D eigenvalue weighted by atomic mass is 19.1. The van der Waals surface area contributed by atoms with Crippen LogP contribution in [0.25, 0.3) is 11.3 Å². The van der Waals surface area contributed by atoms with Crippen molar-refractivity contribution in [3.05, 3.63) is 83.1 Å². The van der Waals surface area contributed by atoms with Gasteiger partial charge in [-0.05, 0) is 53.4 Å². The summed E-state index contributed by atoms with van der Waals surface area (Å²) in [6.45, 7) is 1.52. The lowest BCUT2D eigenvalue weighted by atomic mass is 9.89. The van der Waals surface area contributed by atoms with Crippen LogP contribution >= 0.6 is 0 Å². The molecule has 0 fully saturated rings. The van der Waals surface area contributed by atoms with Crippen LogP contribution in [0.15, 0.2) is 55.0 Å². The second-order valence-corrected chi connectivity index (χ2v) is 8.58. The van der Waals surface area contributed by atoms with Crippen LogP contribution in [0.2, 0.25) is 0 Å². The first-order chi connectivity index (χ1) is 17.0. The zero-order valence-electron chi connectivity index (χ0n) is 20.0. The summed E-state index contributed by atoms with van der Waals surface area (Å²) in [6.07, 6.45) is 6.14. The molecule has 5 rings (SSSR count). The van der Waals surface area contributed by atoms with Gasteiger partial charge in [-0.3, -0.25) is 9.48 Å². The van der Waals surface area contributed by atoms with Crippen molar-refractivity contribution < 1.29 is 13.9 Å². The zero-order chi connectivity index (χ0) is 24.5. The molecule has 2 aromatic heterocycles. The predicted molar refractivity (Wildman–Crippen MR) is 131 cm³/mol. The molecule has 35 heavy (non-hydrogen) atoms. The molecule has 1 aliphatic rings. The van der Waals surface area contributed by atoms with Crippen molar-refractivity contribution in [3.63, 3.8) is 0 Å². The van der Waals surface area contributed by atoms with E-state index in [1.165, 1.54) is 13.2 Å². The molecule has 0 bridgehead atoms. The Morgan fingerprint density at radius 2 is 1.91 bits per heavy atom. The summed E-state index contributed by atoms with van der Waals surface area (Å²) >= 11 is 0. The van der Waals surface area contributed by atoms with Gasteiger partial charge in [0.25, 0.3) is 5.91 Å². The standard InChI is InChI=1S/C26H27FN6O2/c1-28-26-29-9-11-33(26)16-18-12-20(23-6-8-30-31(23)2)19-7-10-32(25(34)21(19)13-18)15-17-4-5-22(27)24(14-17)35-3/h4-6,8-9,11-14H,7,10,15-16H2,1-3H3,(H,28,29). The molecule has 0 radical (unpaired) electrons. The number of aryl methyl sites for hydroxylation is 1. The van der Waals surface area contributed by atoms with Gasteiger partial charge in [0.1, 0.15) is 0 Å². The van der Waals surface area contributed by atoms with Crippen LogP contribution in [-0.2, 0) is 26.6 Å². The Kier molecular flexibility index (Phi) is 5.98. The molecule has 1 amide bonds. The number of halogens is 1. The van der Waals surface area contributed by atoms with Crippen LogP contribution in [0, 0.1) is 5.82 Å². The van der Waals surface area contributed by atoms with Crippen molar-refractivity contribution >= 4 is 11.9 Å². The molecule has 1 aliphatic heterocycles. The minimum Gasteiger partial charge on any atom is -0.494 e. The molecule has 9 heteroatoms. The maximum Gasteiger partial charge on any atom is 0.254 e. The number of nitrogens with one attached hydrogen (secondary N) is 1. The number of imidazole rings is 1. The first-order valence-electron chi connectivity index (χ1n) is 11.4. The largest absolute Gasteiger partial charge is 0.494 e. The van der Waals surface area contributed by atoms with E-state index in [0.29, 0.717) is 31.6 Å². The van der Waals surface area contributed by atoms with Crippen LogP contribution in [0.1, 0.15) is 27.0 Å². The third-order valence-electron chi connectivity index (χ3n) is 6.44. The van der Waals surface area contributed by atoms with Crippen molar-refractivity contribution in [3.8, 4) is 17.0 Å². The van der Waals surface area contributed by atoms with Crippen LogP contribution in [-0.4, -0.2) is 50.8 Å². The van der Waals surface area contributed by atoms with Crippen molar-refractivity contribution in [2.75, 3.05) is 26.0 Å². The Balaban J connectivity index is 1.53. The molecule has 4 aromatic rings. The van der Waals surface area contributed by atoms with E-state index in [2.05, 4.69) is 21.5 Å². The number of methoxy groups -OCH3 is 1. The molecule has 0 atom stereocenters. The molecule has 1 N–H and O–H groups in total. The second-order valence-electron chi connectivity index (χ2n) is 8.58. The molecule has 3 heterocycles. The molecular formula is C26H27FN6O2. The molecule has 0 spiro atoms. The summed E-state index contributed by atoms with van der Waals surface area (Å²) in [5, 5.41) is 7.43. The highest BCUT2D eigenvalue weighted by molar-refractivity contribution is 5.99. The average molecular weight is 475 g/mol. The number of hydrogen-bond acceptors (Lipinski definition) is 5. The van der Waals surface area contributed by atoms with Crippen molar-refractivity contribution in [2.24, 2.45) is 7.05 Å². The number of anilines is 1. The number of rotatable bonds is 7. The maximum absolute atomic E-state index is 13.9. The second kappa shape index (κ2) is 9.25. The number of carbonyl (C=O) groups excluding carboxylic acids is 1. The lowest BCUT2D eigenvalue weighted by Crippen LogP contribution is -2.37. The normalized spacial score (nSPS) is 13.1. The van der Waals surface area contributed by atoms with Gasteiger partial charge in [-0.1, -0.05) is 6.07 Å². The highest BCUT2D eigenvalue weighted by Gasteiger charge is 2.28. The van der Waals surface area contributed by atoms with Crippen molar-refractivity contribution in [1.29, 1.82) is 0 Å². The van der Waals surface area contributed by atoms with Crippen LogP contribution in [0.4, 0.5) is 10.3 Å². The molecule has 8 nitrogen and oxygen atoms in total. The van der Waals surface area contributed by atoms with Gasteiger partial charge in [0.2, 0.25) is 5.95 Å². The lowest BCUT2D eigenvalue weighted by Gasteiger charge is -2.31. The SMILES string of the molecule is CNc1nccn1Cc1cc2c(c(-c3ccnn3C)c1)CCN(Cc1ccc(F)c(OC)c1)C2=O. The van der Waals surface area contributed by atoms with Gasteiger partial charge >= 0.3 is 0 Å². The van der Waals surface area contributed by atoms with Gasteiger partial charge in [0, 0.05) is 56.9 Å². The summed E-state index contributed by atoms with van der Waals surface area (Å²) < 4.78 is 22.8. The number of carbonyl (C=O) groups is 1. The average Bonchev–Trinajstić information content (AvgIpc) is 3.50. The number of nitrogens with zero attached hydrogens (tertiary/aromatic N) is 5. The Bertz CT molecular complexity index is 1390. The highest BCUT2D eigenvalue weighted by Crippen LogP contribution is 2.33. The first-order valence-corrected chi connectivity index (χ1v) is 11.4. The predicted octanol–water partition coefficient (Wildman–Crippen LogP) is 3.72. The third-order valence-corrected chi connectivity index (χ3v) is 6.44. The van der Waals surface area contributed by atoms with Crippen LogP contribution in [0.5, 0.6) is 5.75 Å². The summed E-state index contributed by atoms with van der Waals surface area (Å²) in [6, 6.07) is 10.8. The quantitative estimate of drug-likeness (QED) is 0.442. The Labute approximate surface area is 203 Å². The minimum absolute atomic E-state index is 0.0423. The van der Waals surface area contributed by atoms with Gasteiger partial charge in [0.05, 0.1) is 19.3 Å². The summed E-state index contributed by atoms with van der Waals surface area (Å²) in [7, 11) is 5.17. The third kappa shape index (κ3) is 4.25. The fourth-order valence-electron chi connectivity index (χ4n) is 4.70. The van der Waals surface area contributed by atoms with Gasteiger partial charge in [-0.15, -0.1) is 0 Å². The maximum atomic E-state index is 13.9. The topological polar surface area (TPSA) is 77.2 Å². The molecule has 0 aliphatic carbocycles. The lowest BCUT2D eigenvalue weighted by molar-refractivity contribution is 0.0727. The molecular weight excluding hydrogens is 447 g/mol. The molecule has 0 saturated carbocycles. The van der Waals surface area contributed by atoms with E-state index in [1.54, 1.807) is 24.5 Å². The summed E-state index contributed by atoms with van der Waals surface area (Å²) in [5.74, 6) is 0.466. The van der Waals surface area contributed by atoms with E-state index in [1.807, 2.05) is 46.6 Å². The van der Waals surface area contributed by atoms with Crippen LogP contribution in [0.3, 0.4) is 0 Å². The minimum atomic E-state index is -0.419. The summed E-state index contributed by atoms with van der Waals surface area (Å²) in [4.78, 5) is 19.8. The number of aromatic nitrogens is 4. The van der Waals surface area contributed by atoms with E-state index in [0.717, 1.165) is 33.9 Å². The van der Waals surface area contributed by atoms with Crippen molar-refractivity contribution in [2.45, 2.75) is 19.5 Å².